The van der Waals surface area contributed by atoms with E-state index in [2.05, 4.69) is 14.9 Å². The maximum atomic E-state index is 12.4. The molecule has 0 bridgehead atoms. The Hall–Kier alpha value is -0.690. The minimum atomic E-state index is -2.63. The van der Waals surface area contributed by atoms with Crippen molar-refractivity contribution in [3.63, 3.8) is 0 Å². The van der Waals surface area contributed by atoms with E-state index in [4.69, 9.17) is 12.2 Å². The predicted molar refractivity (Wildman–Crippen MR) is 54.8 cm³/mol. The Bertz CT molecular complexity index is 324. The molecule has 0 aromatic carbocycles. The molecule has 0 aliphatic heterocycles. The first-order valence-electron chi connectivity index (χ1n) is 3.93. The van der Waals surface area contributed by atoms with Crippen LogP contribution in [0, 0.1) is 0 Å². The van der Waals surface area contributed by atoms with Crippen LogP contribution in [0.4, 0.5) is 8.78 Å². The molecule has 78 valence electrons. The zero-order valence-corrected chi connectivity index (χ0v) is 9.25. The van der Waals surface area contributed by atoms with Gasteiger partial charge in [-0.25, -0.2) is 8.78 Å². The molecule has 0 saturated carbocycles. The summed E-state index contributed by atoms with van der Waals surface area (Å²) in [6.45, 7) is 3.76. The van der Waals surface area contributed by atoms with E-state index in [1.165, 1.54) is 0 Å². The molecule has 0 aliphatic carbocycles. The Kier molecular flexibility index (Phi) is 3.82. The standard InChI is InChI=1S/C7H9F2N3S2/c1-3(2)10-7(13)5-4(6(8)9)11-12-14-5/h3,6H,1-2H3,(H,10,13). The summed E-state index contributed by atoms with van der Waals surface area (Å²) in [6.07, 6.45) is -2.63. The molecule has 0 spiro atoms. The van der Waals surface area contributed by atoms with E-state index >= 15 is 0 Å². The topological polar surface area (TPSA) is 37.8 Å². The van der Waals surface area contributed by atoms with Gasteiger partial charge >= 0.3 is 0 Å². The molecule has 0 aliphatic rings. The van der Waals surface area contributed by atoms with Crippen LogP contribution in [0.15, 0.2) is 0 Å². The van der Waals surface area contributed by atoms with E-state index in [0.29, 0.717) is 0 Å². The zero-order valence-electron chi connectivity index (χ0n) is 7.62. The van der Waals surface area contributed by atoms with Gasteiger partial charge < -0.3 is 5.32 Å². The molecule has 0 unspecified atom stereocenters. The minimum absolute atomic E-state index is 0.107. The van der Waals surface area contributed by atoms with Gasteiger partial charge in [0.05, 0.1) is 0 Å². The summed E-state index contributed by atoms with van der Waals surface area (Å²) >= 11 is 5.83. The summed E-state index contributed by atoms with van der Waals surface area (Å²) < 4.78 is 28.2. The summed E-state index contributed by atoms with van der Waals surface area (Å²) in [4.78, 5) is 0.536. The summed E-state index contributed by atoms with van der Waals surface area (Å²) in [6, 6.07) is 0.107. The van der Waals surface area contributed by atoms with Crippen LogP contribution in [0.2, 0.25) is 0 Å². The van der Waals surface area contributed by atoms with E-state index in [-0.39, 0.29) is 21.6 Å². The van der Waals surface area contributed by atoms with Crippen LogP contribution in [0.1, 0.15) is 30.8 Å². The lowest BCUT2D eigenvalue weighted by atomic mass is 10.3. The van der Waals surface area contributed by atoms with Crippen LogP contribution in [-0.2, 0) is 0 Å². The Morgan fingerprint density at radius 1 is 1.50 bits per heavy atom. The average Bonchev–Trinajstić information content (AvgIpc) is 2.49. The first-order chi connectivity index (χ1) is 6.52. The van der Waals surface area contributed by atoms with Gasteiger partial charge in [-0.1, -0.05) is 16.7 Å². The molecule has 0 fully saturated rings. The van der Waals surface area contributed by atoms with Gasteiger partial charge in [0.1, 0.15) is 9.87 Å². The van der Waals surface area contributed by atoms with Crippen LogP contribution in [-0.4, -0.2) is 20.6 Å². The molecular formula is C7H9F2N3S2. The highest BCUT2D eigenvalue weighted by atomic mass is 32.1. The molecule has 14 heavy (non-hydrogen) atoms. The maximum Gasteiger partial charge on any atom is 0.283 e. The van der Waals surface area contributed by atoms with Gasteiger partial charge in [-0.3, -0.25) is 0 Å². The van der Waals surface area contributed by atoms with Crippen molar-refractivity contribution in [3.05, 3.63) is 10.6 Å². The van der Waals surface area contributed by atoms with E-state index in [0.717, 1.165) is 11.5 Å². The smallest absolute Gasteiger partial charge is 0.283 e. The summed E-state index contributed by atoms with van der Waals surface area (Å²) in [5.41, 5.74) is -0.340. The Morgan fingerprint density at radius 2 is 2.14 bits per heavy atom. The third-order valence-corrected chi connectivity index (χ3v) is 2.56. The highest BCUT2D eigenvalue weighted by Crippen LogP contribution is 2.23. The van der Waals surface area contributed by atoms with Crippen LogP contribution in [0.3, 0.4) is 0 Å². The minimum Gasteiger partial charge on any atom is -0.373 e. The fourth-order valence-electron chi connectivity index (χ4n) is 0.826. The number of nitrogens with zero attached hydrogens (tertiary/aromatic N) is 2. The van der Waals surface area contributed by atoms with Gasteiger partial charge in [0.2, 0.25) is 0 Å². The molecule has 0 radical (unpaired) electrons. The Labute approximate surface area is 89.7 Å². The molecule has 0 saturated heterocycles. The fourth-order valence-corrected chi connectivity index (χ4v) is 1.85. The van der Waals surface area contributed by atoms with E-state index in [1.54, 1.807) is 0 Å². The highest BCUT2D eigenvalue weighted by Gasteiger charge is 2.20. The molecule has 3 nitrogen and oxygen atoms in total. The number of halogens is 2. The normalized spacial score (nSPS) is 11.0. The second kappa shape index (κ2) is 4.70. The quantitative estimate of drug-likeness (QED) is 0.817. The van der Waals surface area contributed by atoms with Crippen molar-refractivity contribution >= 4 is 28.7 Å². The third kappa shape index (κ3) is 2.65. The fraction of sp³-hybridized carbons (Fsp3) is 0.571. The summed E-state index contributed by atoms with van der Waals surface area (Å²) in [5, 5.41) is 6.20. The predicted octanol–water partition coefficient (Wildman–Crippen LogP) is 2.15. The average molecular weight is 237 g/mol. The van der Waals surface area contributed by atoms with Crippen molar-refractivity contribution in [2.24, 2.45) is 0 Å². The lowest BCUT2D eigenvalue weighted by molar-refractivity contribution is 0.146. The molecule has 1 heterocycles. The third-order valence-electron chi connectivity index (χ3n) is 1.35. The largest absolute Gasteiger partial charge is 0.373 e. The summed E-state index contributed by atoms with van der Waals surface area (Å²) in [5.74, 6) is 0. The van der Waals surface area contributed by atoms with E-state index < -0.39 is 6.43 Å². The van der Waals surface area contributed by atoms with E-state index in [1.807, 2.05) is 13.8 Å². The molecule has 1 rings (SSSR count). The molecule has 0 atom stereocenters. The monoisotopic (exact) mass is 237 g/mol. The maximum absolute atomic E-state index is 12.4. The van der Waals surface area contributed by atoms with Crippen LogP contribution in [0.5, 0.6) is 0 Å². The lowest BCUT2D eigenvalue weighted by Gasteiger charge is -2.09. The number of hydrogen-bond donors (Lipinski definition) is 1. The van der Waals surface area contributed by atoms with Crippen molar-refractivity contribution in [2.75, 3.05) is 0 Å². The molecule has 1 N–H and O–H groups in total. The van der Waals surface area contributed by atoms with Gasteiger partial charge in [-0.05, 0) is 25.4 Å². The van der Waals surface area contributed by atoms with Crippen molar-refractivity contribution < 1.29 is 8.78 Å². The van der Waals surface area contributed by atoms with Gasteiger partial charge in [0, 0.05) is 6.04 Å². The highest BCUT2D eigenvalue weighted by molar-refractivity contribution is 7.81. The van der Waals surface area contributed by atoms with Gasteiger partial charge in [0.15, 0.2) is 5.69 Å². The molecule has 1 aromatic rings. The first-order valence-corrected chi connectivity index (χ1v) is 5.11. The second-order valence-corrected chi connectivity index (χ2v) is 4.08. The SMILES string of the molecule is CC(C)NC(=S)c1snnc1C(F)F. The Balaban J connectivity index is 2.84. The van der Waals surface area contributed by atoms with Crippen molar-refractivity contribution in [1.82, 2.24) is 14.9 Å². The number of nitrogens with one attached hydrogen (secondary N) is 1. The molecular weight excluding hydrogens is 228 g/mol. The van der Waals surface area contributed by atoms with Gasteiger partial charge in [-0.2, -0.15) is 0 Å². The van der Waals surface area contributed by atoms with Crippen LogP contribution < -0.4 is 5.32 Å². The zero-order chi connectivity index (χ0) is 10.7. The number of thiocarbonyl (C=S) groups is 1. The van der Waals surface area contributed by atoms with Crippen molar-refractivity contribution in [1.29, 1.82) is 0 Å². The number of aromatic nitrogens is 2. The molecule has 0 amide bonds. The van der Waals surface area contributed by atoms with Crippen LogP contribution >= 0.6 is 23.8 Å². The molecule has 1 aromatic heterocycles. The van der Waals surface area contributed by atoms with Gasteiger partial charge in [0.25, 0.3) is 6.43 Å². The van der Waals surface area contributed by atoms with E-state index in [9.17, 15) is 8.78 Å². The van der Waals surface area contributed by atoms with Crippen molar-refractivity contribution in [2.45, 2.75) is 26.3 Å². The van der Waals surface area contributed by atoms with Gasteiger partial charge in [-0.15, -0.1) is 5.10 Å². The second-order valence-electron chi connectivity index (χ2n) is 2.92. The summed E-state index contributed by atoms with van der Waals surface area (Å²) in [7, 11) is 0. The number of rotatable bonds is 3. The Morgan fingerprint density at radius 3 is 2.64 bits per heavy atom. The lowest BCUT2D eigenvalue weighted by Crippen LogP contribution is -2.29. The number of alkyl halides is 2. The van der Waals surface area contributed by atoms with Crippen molar-refractivity contribution in [3.8, 4) is 0 Å². The first kappa shape index (κ1) is 11.4. The number of hydrogen-bond acceptors (Lipinski definition) is 4. The molecule has 7 heteroatoms. The van der Waals surface area contributed by atoms with Crippen LogP contribution in [0.25, 0.3) is 0 Å².